The third-order valence-corrected chi connectivity index (χ3v) is 2.86. The summed E-state index contributed by atoms with van der Waals surface area (Å²) in [7, 11) is 1.68. The zero-order valence-corrected chi connectivity index (χ0v) is 11.7. The average Bonchev–Trinajstić information content (AvgIpc) is 2.72. The number of aromatic nitrogens is 2. The summed E-state index contributed by atoms with van der Waals surface area (Å²) in [4.78, 5) is 0. The molecule has 1 aromatic rings. The summed E-state index contributed by atoms with van der Waals surface area (Å²) in [5.74, 6) is 0. The first-order chi connectivity index (χ1) is 8.79. The Balaban J connectivity index is 2.23. The van der Waals surface area contributed by atoms with Crippen LogP contribution in [0.3, 0.4) is 0 Å². The molecule has 0 saturated heterocycles. The predicted molar refractivity (Wildman–Crippen MR) is 71.7 cm³/mol. The highest BCUT2D eigenvalue weighted by Gasteiger charge is 2.05. The van der Waals surface area contributed by atoms with E-state index in [1.165, 1.54) is 11.3 Å². The van der Waals surface area contributed by atoms with Crippen molar-refractivity contribution in [2.45, 2.75) is 33.4 Å². The Bertz CT molecular complexity index is 326. The van der Waals surface area contributed by atoms with E-state index in [1.54, 1.807) is 7.11 Å². The van der Waals surface area contributed by atoms with Gasteiger partial charge in [-0.3, -0.25) is 4.68 Å². The number of hydrogen-bond acceptors (Lipinski definition) is 4. The summed E-state index contributed by atoms with van der Waals surface area (Å²) in [6.07, 6.45) is 2.93. The van der Waals surface area contributed by atoms with Crippen molar-refractivity contribution in [1.82, 2.24) is 15.1 Å². The van der Waals surface area contributed by atoms with Crippen LogP contribution in [0, 0.1) is 6.92 Å². The van der Waals surface area contributed by atoms with E-state index in [0.29, 0.717) is 13.2 Å². The Morgan fingerprint density at radius 3 is 2.89 bits per heavy atom. The van der Waals surface area contributed by atoms with Crippen LogP contribution in [0.15, 0.2) is 6.20 Å². The number of hydrogen-bond donors (Lipinski definition) is 1. The van der Waals surface area contributed by atoms with Gasteiger partial charge in [0.25, 0.3) is 0 Å². The highest BCUT2D eigenvalue weighted by Crippen LogP contribution is 2.07. The molecule has 0 spiro atoms. The molecule has 0 amide bonds. The van der Waals surface area contributed by atoms with E-state index < -0.39 is 0 Å². The Morgan fingerprint density at radius 2 is 2.17 bits per heavy atom. The molecule has 1 N–H and O–H groups in total. The van der Waals surface area contributed by atoms with Crippen LogP contribution in [0.25, 0.3) is 0 Å². The van der Waals surface area contributed by atoms with Gasteiger partial charge in [-0.05, 0) is 19.9 Å². The molecule has 0 radical (unpaired) electrons. The van der Waals surface area contributed by atoms with Crippen LogP contribution in [-0.2, 0) is 22.6 Å². The Hall–Kier alpha value is -0.910. The standard InChI is InChI=1S/C13H25N3O2/c1-4-14-10-13-11-15-16(12(13)2)6-5-7-18-9-8-17-3/h11,14H,4-10H2,1-3H3. The summed E-state index contributed by atoms with van der Waals surface area (Å²) < 4.78 is 12.4. The maximum absolute atomic E-state index is 5.43. The van der Waals surface area contributed by atoms with Crippen molar-refractivity contribution < 1.29 is 9.47 Å². The molecule has 0 aliphatic rings. The number of rotatable bonds is 10. The minimum absolute atomic E-state index is 0.660. The monoisotopic (exact) mass is 255 g/mol. The van der Waals surface area contributed by atoms with E-state index in [0.717, 1.165) is 32.7 Å². The fraction of sp³-hybridized carbons (Fsp3) is 0.769. The minimum Gasteiger partial charge on any atom is -0.382 e. The molecular weight excluding hydrogens is 230 g/mol. The minimum atomic E-state index is 0.660. The Kier molecular flexibility index (Phi) is 7.64. The SMILES string of the molecule is CCNCc1cnn(CCCOCCOC)c1C. The molecule has 1 aromatic heterocycles. The van der Waals surface area contributed by atoms with Gasteiger partial charge in [-0.1, -0.05) is 6.92 Å². The van der Waals surface area contributed by atoms with Gasteiger partial charge in [-0.15, -0.1) is 0 Å². The largest absolute Gasteiger partial charge is 0.382 e. The smallest absolute Gasteiger partial charge is 0.0700 e. The van der Waals surface area contributed by atoms with Gasteiger partial charge in [0.1, 0.15) is 0 Å². The Morgan fingerprint density at radius 1 is 1.33 bits per heavy atom. The van der Waals surface area contributed by atoms with E-state index >= 15 is 0 Å². The zero-order chi connectivity index (χ0) is 13.2. The van der Waals surface area contributed by atoms with E-state index in [2.05, 4.69) is 24.3 Å². The van der Waals surface area contributed by atoms with Gasteiger partial charge in [0.05, 0.1) is 19.4 Å². The molecule has 0 aliphatic heterocycles. The van der Waals surface area contributed by atoms with Crippen molar-refractivity contribution in [3.63, 3.8) is 0 Å². The molecule has 5 nitrogen and oxygen atoms in total. The van der Waals surface area contributed by atoms with Gasteiger partial charge >= 0.3 is 0 Å². The van der Waals surface area contributed by atoms with Gasteiger partial charge in [-0.2, -0.15) is 5.10 Å². The quantitative estimate of drug-likeness (QED) is 0.641. The normalized spacial score (nSPS) is 11.1. The lowest BCUT2D eigenvalue weighted by molar-refractivity contribution is 0.0676. The molecule has 104 valence electrons. The van der Waals surface area contributed by atoms with Crippen molar-refractivity contribution in [2.75, 3.05) is 33.5 Å². The van der Waals surface area contributed by atoms with Crippen molar-refractivity contribution in [1.29, 1.82) is 0 Å². The van der Waals surface area contributed by atoms with Crippen LogP contribution in [0.1, 0.15) is 24.6 Å². The van der Waals surface area contributed by atoms with Crippen molar-refractivity contribution >= 4 is 0 Å². The fourth-order valence-electron chi connectivity index (χ4n) is 1.70. The molecule has 5 heteroatoms. The van der Waals surface area contributed by atoms with Gasteiger partial charge in [0.2, 0.25) is 0 Å². The third-order valence-electron chi connectivity index (χ3n) is 2.86. The van der Waals surface area contributed by atoms with E-state index in [9.17, 15) is 0 Å². The van der Waals surface area contributed by atoms with E-state index in [-0.39, 0.29) is 0 Å². The van der Waals surface area contributed by atoms with E-state index in [4.69, 9.17) is 9.47 Å². The van der Waals surface area contributed by atoms with Gasteiger partial charge in [0, 0.05) is 38.1 Å². The lowest BCUT2D eigenvalue weighted by Crippen LogP contribution is -2.13. The lowest BCUT2D eigenvalue weighted by Gasteiger charge is -2.07. The molecule has 1 rings (SSSR count). The summed E-state index contributed by atoms with van der Waals surface area (Å²) in [6, 6.07) is 0. The maximum atomic E-state index is 5.43. The molecule has 1 heterocycles. The molecule has 0 aromatic carbocycles. The van der Waals surface area contributed by atoms with Crippen LogP contribution < -0.4 is 5.32 Å². The topological polar surface area (TPSA) is 48.3 Å². The third kappa shape index (κ3) is 5.16. The molecule has 0 fully saturated rings. The van der Waals surface area contributed by atoms with Gasteiger partial charge in [0.15, 0.2) is 0 Å². The summed E-state index contributed by atoms with van der Waals surface area (Å²) >= 11 is 0. The van der Waals surface area contributed by atoms with Crippen LogP contribution >= 0.6 is 0 Å². The number of nitrogens with one attached hydrogen (secondary N) is 1. The molecule has 0 saturated carbocycles. The van der Waals surface area contributed by atoms with Gasteiger partial charge < -0.3 is 14.8 Å². The number of aryl methyl sites for hydroxylation is 1. The maximum Gasteiger partial charge on any atom is 0.0700 e. The molecular formula is C13H25N3O2. The first-order valence-electron chi connectivity index (χ1n) is 6.58. The Labute approximate surface area is 109 Å². The van der Waals surface area contributed by atoms with Crippen LogP contribution in [0.4, 0.5) is 0 Å². The van der Waals surface area contributed by atoms with Crippen LogP contribution in [0.2, 0.25) is 0 Å². The summed E-state index contributed by atoms with van der Waals surface area (Å²) in [6.45, 7) is 9.09. The first kappa shape index (κ1) is 15.1. The second kappa shape index (κ2) is 9.08. The van der Waals surface area contributed by atoms with Crippen molar-refractivity contribution in [2.24, 2.45) is 0 Å². The average molecular weight is 255 g/mol. The number of nitrogens with zero attached hydrogens (tertiary/aromatic N) is 2. The molecule has 0 bridgehead atoms. The second-order valence-corrected chi connectivity index (χ2v) is 4.22. The summed E-state index contributed by atoms with van der Waals surface area (Å²) in [5.41, 5.74) is 2.52. The highest BCUT2D eigenvalue weighted by molar-refractivity contribution is 5.15. The fourth-order valence-corrected chi connectivity index (χ4v) is 1.70. The lowest BCUT2D eigenvalue weighted by atomic mass is 10.2. The number of ether oxygens (including phenoxy) is 2. The molecule has 0 atom stereocenters. The van der Waals surface area contributed by atoms with Crippen molar-refractivity contribution in [3.8, 4) is 0 Å². The zero-order valence-electron chi connectivity index (χ0n) is 11.7. The molecule has 0 aliphatic carbocycles. The summed E-state index contributed by atoms with van der Waals surface area (Å²) in [5, 5.41) is 7.72. The first-order valence-corrected chi connectivity index (χ1v) is 6.58. The van der Waals surface area contributed by atoms with Crippen LogP contribution in [-0.4, -0.2) is 43.3 Å². The predicted octanol–water partition coefficient (Wildman–Crippen LogP) is 1.35. The highest BCUT2D eigenvalue weighted by atomic mass is 16.5. The van der Waals surface area contributed by atoms with E-state index in [1.807, 2.05) is 10.9 Å². The molecule has 18 heavy (non-hydrogen) atoms. The van der Waals surface area contributed by atoms with Crippen molar-refractivity contribution in [3.05, 3.63) is 17.5 Å². The second-order valence-electron chi connectivity index (χ2n) is 4.22. The van der Waals surface area contributed by atoms with Crippen LogP contribution in [0.5, 0.6) is 0 Å². The molecule has 0 unspecified atom stereocenters. The van der Waals surface area contributed by atoms with Gasteiger partial charge in [-0.25, -0.2) is 0 Å². The number of methoxy groups -OCH3 is 1.